The first-order chi connectivity index (χ1) is 8.99. The smallest absolute Gasteiger partial charge is 0.240 e. The summed E-state index contributed by atoms with van der Waals surface area (Å²) in [5, 5.41) is 18.5. The molecule has 1 aliphatic rings. The van der Waals surface area contributed by atoms with Crippen LogP contribution >= 0.6 is 0 Å². The van der Waals surface area contributed by atoms with E-state index in [9.17, 15) is 20.1 Å². The monoisotopic (exact) mass is 254 g/mol. The Morgan fingerprint density at radius 1 is 1.00 bits per heavy atom. The van der Waals surface area contributed by atoms with E-state index in [0.29, 0.717) is 5.56 Å². The molecule has 0 saturated heterocycles. The first-order valence-electron chi connectivity index (χ1n) is 5.46. The molecule has 0 heterocycles. The van der Waals surface area contributed by atoms with Crippen molar-refractivity contribution in [3.8, 4) is 12.1 Å². The van der Waals surface area contributed by atoms with Crippen molar-refractivity contribution in [1.82, 2.24) is 0 Å². The third-order valence-corrected chi connectivity index (χ3v) is 3.67. The molecule has 1 aromatic rings. The molecule has 0 aromatic heterocycles. The number of benzene rings is 1. The van der Waals surface area contributed by atoms with Crippen LogP contribution in [0.4, 0.5) is 0 Å². The van der Waals surface area contributed by atoms with Gasteiger partial charge in [-0.2, -0.15) is 10.5 Å². The van der Waals surface area contributed by atoms with Crippen LogP contribution in [0.15, 0.2) is 30.3 Å². The summed E-state index contributed by atoms with van der Waals surface area (Å²) in [4.78, 5) is 23.2. The molecule has 4 N–H and O–H groups in total. The van der Waals surface area contributed by atoms with Crippen molar-refractivity contribution in [3.05, 3.63) is 35.9 Å². The summed E-state index contributed by atoms with van der Waals surface area (Å²) < 4.78 is 0. The van der Waals surface area contributed by atoms with Gasteiger partial charge in [0.25, 0.3) is 0 Å². The second kappa shape index (κ2) is 3.82. The fourth-order valence-corrected chi connectivity index (χ4v) is 2.71. The van der Waals surface area contributed by atoms with Gasteiger partial charge in [-0.25, -0.2) is 0 Å². The molecule has 0 spiro atoms. The third-order valence-electron chi connectivity index (χ3n) is 3.67. The van der Waals surface area contributed by atoms with Crippen LogP contribution in [0.5, 0.6) is 0 Å². The van der Waals surface area contributed by atoms with E-state index in [1.165, 1.54) is 0 Å². The summed E-state index contributed by atoms with van der Waals surface area (Å²) in [7, 11) is 0. The van der Waals surface area contributed by atoms with E-state index in [1.807, 2.05) is 0 Å². The molecule has 2 amide bonds. The fraction of sp³-hybridized carbons (Fsp3) is 0.231. The standard InChI is InChI=1S/C13H10N4O2/c14-6-12(10(16)18)9(8-4-2-1-3-5-8)13(12,7-15)11(17)19/h1-5,9H,(H2,16,18)(H2,17,19). The molecule has 2 atom stereocenters. The molecule has 2 unspecified atom stereocenters. The van der Waals surface area contributed by atoms with Crippen molar-refractivity contribution < 1.29 is 9.59 Å². The van der Waals surface area contributed by atoms with Crippen LogP contribution in [0.3, 0.4) is 0 Å². The highest BCUT2D eigenvalue weighted by Crippen LogP contribution is 2.73. The number of nitrogens with zero attached hydrogens (tertiary/aromatic N) is 2. The predicted octanol–water partition coefficient (Wildman–Crippen LogP) is -0.226. The molecule has 1 saturated carbocycles. The number of carbonyl (C=O) groups is 2. The van der Waals surface area contributed by atoms with Gasteiger partial charge in [0.05, 0.1) is 12.1 Å². The van der Waals surface area contributed by atoms with E-state index in [4.69, 9.17) is 11.5 Å². The van der Waals surface area contributed by atoms with E-state index in [-0.39, 0.29) is 0 Å². The van der Waals surface area contributed by atoms with Crippen molar-refractivity contribution in [2.24, 2.45) is 22.3 Å². The van der Waals surface area contributed by atoms with Crippen molar-refractivity contribution in [3.63, 3.8) is 0 Å². The maximum atomic E-state index is 11.6. The highest BCUT2D eigenvalue weighted by Gasteiger charge is 2.86. The van der Waals surface area contributed by atoms with E-state index >= 15 is 0 Å². The van der Waals surface area contributed by atoms with Gasteiger partial charge >= 0.3 is 0 Å². The molecule has 1 aromatic carbocycles. The molecule has 6 nitrogen and oxygen atoms in total. The van der Waals surface area contributed by atoms with E-state index < -0.39 is 28.6 Å². The SMILES string of the molecule is N#CC1(C(N)=O)C(c2ccccc2)C1(C#N)C(N)=O. The molecule has 1 fully saturated rings. The van der Waals surface area contributed by atoms with Crippen molar-refractivity contribution >= 4 is 11.8 Å². The number of nitrogens with two attached hydrogens (primary N) is 2. The van der Waals surface area contributed by atoms with Gasteiger partial charge in [0, 0.05) is 5.92 Å². The molecule has 2 rings (SSSR count). The van der Waals surface area contributed by atoms with Crippen molar-refractivity contribution in [2.75, 3.05) is 0 Å². The highest BCUT2D eigenvalue weighted by molar-refractivity contribution is 6.05. The summed E-state index contributed by atoms with van der Waals surface area (Å²) in [6, 6.07) is 11.8. The van der Waals surface area contributed by atoms with Crippen molar-refractivity contribution in [2.45, 2.75) is 5.92 Å². The molecule has 0 aliphatic heterocycles. The van der Waals surface area contributed by atoms with Gasteiger partial charge in [-0.1, -0.05) is 30.3 Å². The average Bonchev–Trinajstić information content (AvgIpc) is 3.05. The minimum atomic E-state index is -1.89. The molecule has 6 heteroatoms. The predicted molar refractivity (Wildman–Crippen MR) is 63.7 cm³/mol. The zero-order chi connectivity index (χ0) is 14.3. The van der Waals surface area contributed by atoms with E-state index in [2.05, 4.69) is 0 Å². The molecule has 0 radical (unpaired) electrons. The van der Waals surface area contributed by atoms with Crippen molar-refractivity contribution in [1.29, 1.82) is 10.5 Å². The Morgan fingerprint density at radius 3 is 1.74 bits per heavy atom. The molecular formula is C13H10N4O2. The second-order valence-corrected chi connectivity index (χ2v) is 4.41. The Kier molecular flexibility index (Phi) is 2.53. The maximum absolute atomic E-state index is 11.6. The lowest BCUT2D eigenvalue weighted by Crippen LogP contribution is -2.36. The molecule has 1 aliphatic carbocycles. The number of primary amides is 2. The van der Waals surface area contributed by atoms with Crippen LogP contribution in [0, 0.1) is 33.5 Å². The maximum Gasteiger partial charge on any atom is 0.240 e. The third kappa shape index (κ3) is 1.23. The summed E-state index contributed by atoms with van der Waals surface area (Å²) in [6.45, 7) is 0. The van der Waals surface area contributed by atoms with Gasteiger partial charge in [0.15, 0.2) is 10.8 Å². The van der Waals surface area contributed by atoms with Gasteiger partial charge in [-0.05, 0) is 5.56 Å². The van der Waals surface area contributed by atoms with Gasteiger partial charge in [0.1, 0.15) is 0 Å². The number of hydrogen-bond donors (Lipinski definition) is 2. The first-order valence-corrected chi connectivity index (χ1v) is 5.46. The summed E-state index contributed by atoms with van der Waals surface area (Å²) in [6.07, 6.45) is 0. The number of amides is 2. The molecule has 94 valence electrons. The quantitative estimate of drug-likeness (QED) is 0.770. The zero-order valence-corrected chi connectivity index (χ0v) is 9.83. The second-order valence-electron chi connectivity index (χ2n) is 4.41. The van der Waals surface area contributed by atoms with Gasteiger partial charge in [-0.3, -0.25) is 9.59 Å². The molecule has 19 heavy (non-hydrogen) atoms. The number of nitriles is 2. The van der Waals surface area contributed by atoms with E-state index in [1.54, 1.807) is 42.5 Å². The van der Waals surface area contributed by atoms with Crippen LogP contribution in [-0.2, 0) is 9.59 Å². The fourth-order valence-electron chi connectivity index (χ4n) is 2.71. The highest BCUT2D eigenvalue weighted by atomic mass is 16.2. The topological polar surface area (TPSA) is 134 Å². The zero-order valence-electron chi connectivity index (χ0n) is 9.83. The minimum absolute atomic E-state index is 0.517. The first kappa shape index (κ1) is 12.6. The Labute approximate surface area is 109 Å². The summed E-state index contributed by atoms with van der Waals surface area (Å²) in [5.41, 5.74) is 7.21. The summed E-state index contributed by atoms with van der Waals surface area (Å²) in [5.74, 6) is -2.94. The Morgan fingerprint density at radius 2 is 1.42 bits per heavy atom. The van der Waals surface area contributed by atoms with Crippen LogP contribution in [0.2, 0.25) is 0 Å². The molecular weight excluding hydrogens is 244 g/mol. The van der Waals surface area contributed by atoms with E-state index in [0.717, 1.165) is 0 Å². The Bertz CT molecular complexity index is 605. The minimum Gasteiger partial charge on any atom is -0.368 e. The lowest BCUT2D eigenvalue weighted by atomic mass is 9.94. The van der Waals surface area contributed by atoms with Gasteiger partial charge < -0.3 is 11.5 Å². The van der Waals surface area contributed by atoms with Gasteiger partial charge in [0.2, 0.25) is 11.8 Å². The van der Waals surface area contributed by atoms with Crippen LogP contribution < -0.4 is 11.5 Å². The van der Waals surface area contributed by atoms with Crippen LogP contribution in [0.1, 0.15) is 11.5 Å². The van der Waals surface area contributed by atoms with Crippen LogP contribution in [0.25, 0.3) is 0 Å². The lowest BCUT2D eigenvalue weighted by Gasteiger charge is -2.05. The van der Waals surface area contributed by atoms with Crippen LogP contribution in [-0.4, -0.2) is 11.8 Å². The average molecular weight is 254 g/mol. The largest absolute Gasteiger partial charge is 0.368 e. The van der Waals surface area contributed by atoms with Gasteiger partial charge in [-0.15, -0.1) is 0 Å². The normalized spacial score (nSPS) is 31.8. The lowest BCUT2D eigenvalue weighted by molar-refractivity contribution is -0.127. The Hall–Kier alpha value is -2.86. The number of carbonyl (C=O) groups excluding carboxylic acids is 2. The number of rotatable bonds is 3. The summed E-state index contributed by atoms with van der Waals surface area (Å²) >= 11 is 0. The Balaban J connectivity index is 2.68. The number of hydrogen-bond acceptors (Lipinski definition) is 4. The molecule has 0 bridgehead atoms.